The van der Waals surface area contributed by atoms with Crippen LogP contribution in [-0.4, -0.2) is 58.9 Å². The second kappa shape index (κ2) is 10.4. The molecule has 2 heterocycles. The van der Waals surface area contributed by atoms with Gasteiger partial charge in [-0.1, -0.05) is 24.0 Å². The molecule has 1 fully saturated rings. The minimum absolute atomic E-state index is 0.103. The molecule has 5 heteroatoms. The molecule has 2 aromatic rings. The van der Waals surface area contributed by atoms with Gasteiger partial charge >= 0.3 is 0 Å². The minimum Gasteiger partial charge on any atom is -0.465 e. The van der Waals surface area contributed by atoms with E-state index in [1.165, 1.54) is 5.56 Å². The zero-order chi connectivity index (χ0) is 19.8. The SMILES string of the molecule is Cc1ccc(CN2CCN(Cc3ccc(C#CCCO)cc3)C[C@@H]2CCO)o1. The Hall–Kier alpha value is -2.10. The first kappa shape index (κ1) is 20.6. The molecule has 1 saturated heterocycles. The van der Waals surface area contributed by atoms with Crippen LogP contribution in [0.3, 0.4) is 0 Å². The second-order valence-electron chi connectivity index (χ2n) is 7.36. The van der Waals surface area contributed by atoms with Crippen LogP contribution in [0, 0.1) is 18.8 Å². The predicted octanol–water partition coefficient (Wildman–Crippen LogP) is 2.39. The summed E-state index contributed by atoms with van der Waals surface area (Å²) in [7, 11) is 0. The van der Waals surface area contributed by atoms with Gasteiger partial charge in [-0.05, 0) is 43.2 Å². The third-order valence-corrected chi connectivity index (χ3v) is 5.14. The van der Waals surface area contributed by atoms with Crippen LogP contribution in [0.5, 0.6) is 0 Å². The standard InChI is InChI=1S/C23H30N2O3/c1-19-5-10-23(28-19)18-25-13-12-24(17-22(25)11-15-27)16-21-8-6-20(7-9-21)4-2-3-14-26/h5-10,22,26-27H,3,11-18H2,1H3/t22-/m0/s1. The summed E-state index contributed by atoms with van der Waals surface area (Å²) >= 11 is 0. The Labute approximate surface area is 167 Å². The number of aliphatic hydroxyl groups is 2. The van der Waals surface area contributed by atoms with Crippen LogP contribution in [-0.2, 0) is 13.1 Å². The molecule has 0 radical (unpaired) electrons. The quantitative estimate of drug-likeness (QED) is 0.720. The van der Waals surface area contributed by atoms with Crippen molar-refractivity contribution >= 4 is 0 Å². The number of hydrogen-bond acceptors (Lipinski definition) is 5. The van der Waals surface area contributed by atoms with Gasteiger partial charge < -0.3 is 14.6 Å². The van der Waals surface area contributed by atoms with Crippen molar-refractivity contribution in [3.05, 3.63) is 59.0 Å². The number of aliphatic hydroxyl groups excluding tert-OH is 2. The van der Waals surface area contributed by atoms with Gasteiger partial charge in [0, 0.05) is 50.8 Å². The van der Waals surface area contributed by atoms with Crippen LogP contribution in [0.4, 0.5) is 0 Å². The Kier molecular flexibility index (Phi) is 7.70. The first-order valence-corrected chi connectivity index (χ1v) is 9.99. The van der Waals surface area contributed by atoms with Crippen molar-refractivity contribution < 1.29 is 14.6 Å². The van der Waals surface area contributed by atoms with E-state index >= 15 is 0 Å². The number of nitrogens with zero attached hydrogens (tertiary/aromatic N) is 2. The average molecular weight is 383 g/mol. The Bertz CT molecular complexity index is 788. The van der Waals surface area contributed by atoms with Crippen molar-refractivity contribution in [1.29, 1.82) is 0 Å². The molecule has 0 amide bonds. The molecule has 1 aliphatic heterocycles. The largest absolute Gasteiger partial charge is 0.465 e. The lowest BCUT2D eigenvalue weighted by Gasteiger charge is -2.41. The van der Waals surface area contributed by atoms with E-state index in [1.54, 1.807) is 0 Å². The molecule has 2 N–H and O–H groups in total. The predicted molar refractivity (Wildman–Crippen MR) is 110 cm³/mol. The van der Waals surface area contributed by atoms with Gasteiger partial charge in [-0.2, -0.15) is 0 Å². The summed E-state index contributed by atoms with van der Waals surface area (Å²) in [5.41, 5.74) is 2.25. The molecule has 0 spiro atoms. The molecular formula is C23H30N2O3. The Morgan fingerprint density at radius 1 is 1.04 bits per heavy atom. The van der Waals surface area contributed by atoms with E-state index in [1.807, 2.05) is 31.2 Å². The summed E-state index contributed by atoms with van der Waals surface area (Å²) in [6.45, 7) is 6.88. The number of aryl methyl sites for hydroxylation is 1. The molecule has 1 aliphatic rings. The topological polar surface area (TPSA) is 60.1 Å². The van der Waals surface area contributed by atoms with Crippen molar-refractivity contribution in [2.75, 3.05) is 32.8 Å². The lowest BCUT2D eigenvalue weighted by atomic mass is 10.1. The van der Waals surface area contributed by atoms with Gasteiger partial charge in [0.15, 0.2) is 0 Å². The minimum atomic E-state index is 0.103. The van der Waals surface area contributed by atoms with Crippen molar-refractivity contribution in [1.82, 2.24) is 9.80 Å². The van der Waals surface area contributed by atoms with E-state index in [2.05, 4.69) is 33.8 Å². The van der Waals surface area contributed by atoms with Gasteiger partial charge in [0.1, 0.15) is 11.5 Å². The molecule has 1 aromatic heterocycles. The van der Waals surface area contributed by atoms with Crippen molar-refractivity contribution in [2.45, 2.75) is 38.9 Å². The van der Waals surface area contributed by atoms with Crippen LogP contribution in [0.1, 0.15) is 35.5 Å². The Balaban J connectivity index is 1.56. The molecule has 0 aliphatic carbocycles. The highest BCUT2D eigenvalue weighted by molar-refractivity contribution is 5.36. The fourth-order valence-electron chi connectivity index (χ4n) is 3.67. The highest BCUT2D eigenvalue weighted by Crippen LogP contribution is 2.19. The van der Waals surface area contributed by atoms with Crippen molar-refractivity contribution in [3.63, 3.8) is 0 Å². The third kappa shape index (κ3) is 5.95. The van der Waals surface area contributed by atoms with Crippen LogP contribution >= 0.6 is 0 Å². The molecule has 1 atom stereocenters. The summed E-state index contributed by atoms with van der Waals surface area (Å²) in [5.74, 6) is 7.95. The number of hydrogen-bond donors (Lipinski definition) is 2. The van der Waals surface area contributed by atoms with Crippen molar-refractivity contribution in [3.8, 4) is 11.8 Å². The van der Waals surface area contributed by atoms with Crippen LogP contribution in [0.2, 0.25) is 0 Å². The van der Waals surface area contributed by atoms with E-state index in [0.717, 1.165) is 56.2 Å². The zero-order valence-electron chi connectivity index (χ0n) is 16.6. The highest BCUT2D eigenvalue weighted by Gasteiger charge is 2.27. The summed E-state index contributed by atoms with van der Waals surface area (Å²) in [6.07, 6.45) is 1.28. The van der Waals surface area contributed by atoms with Crippen LogP contribution in [0.15, 0.2) is 40.8 Å². The van der Waals surface area contributed by atoms with Crippen LogP contribution in [0.25, 0.3) is 0 Å². The van der Waals surface area contributed by atoms with Gasteiger partial charge in [0.05, 0.1) is 13.2 Å². The summed E-state index contributed by atoms with van der Waals surface area (Å²) in [6, 6.07) is 12.7. The smallest absolute Gasteiger partial charge is 0.118 e. The van der Waals surface area contributed by atoms with E-state index in [-0.39, 0.29) is 13.2 Å². The molecule has 150 valence electrons. The molecule has 5 nitrogen and oxygen atoms in total. The summed E-state index contributed by atoms with van der Waals surface area (Å²) < 4.78 is 5.74. The maximum absolute atomic E-state index is 9.50. The molecule has 3 rings (SSSR count). The molecule has 0 saturated carbocycles. The van der Waals surface area contributed by atoms with Gasteiger partial charge in [-0.3, -0.25) is 9.80 Å². The zero-order valence-corrected chi connectivity index (χ0v) is 16.6. The van der Waals surface area contributed by atoms with Crippen LogP contribution < -0.4 is 0 Å². The summed E-state index contributed by atoms with van der Waals surface area (Å²) in [4.78, 5) is 4.88. The van der Waals surface area contributed by atoms with Gasteiger partial charge in [0.25, 0.3) is 0 Å². The van der Waals surface area contributed by atoms with Gasteiger partial charge in [0.2, 0.25) is 0 Å². The second-order valence-corrected chi connectivity index (χ2v) is 7.36. The van der Waals surface area contributed by atoms with E-state index < -0.39 is 0 Å². The Morgan fingerprint density at radius 2 is 1.86 bits per heavy atom. The van der Waals surface area contributed by atoms with Gasteiger partial charge in [-0.15, -0.1) is 0 Å². The first-order valence-electron chi connectivity index (χ1n) is 9.99. The average Bonchev–Trinajstić information content (AvgIpc) is 3.10. The molecule has 1 aromatic carbocycles. The number of furan rings is 1. The fourth-order valence-corrected chi connectivity index (χ4v) is 3.67. The fraction of sp³-hybridized carbons (Fsp3) is 0.478. The van der Waals surface area contributed by atoms with Crippen molar-refractivity contribution in [2.24, 2.45) is 0 Å². The molecular weight excluding hydrogens is 352 g/mol. The molecule has 0 bridgehead atoms. The number of benzene rings is 1. The van der Waals surface area contributed by atoms with E-state index in [0.29, 0.717) is 12.5 Å². The monoisotopic (exact) mass is 382 g/mol. The lowest BCUT2D eigenvalue weighted by Crippen LogP contribution is -2.52. The van der Waals surface area contributed by atoms with E-state index in [9.17, 15) is 5.11 Å². The number of rotatable bonds is 7. The lowest BCUT2D eigenvalue weighted by molar-refractivity contribution is 0.0454. The first-order chi connectivity index (χ1) is 13.7. The summed E-state index contributed by atoms with van der Waals surface area (Å²) in [5, 5.41) is 18.3. The normalized spacial score (nSPS) is 18.0. The number of piperazine rings is 1. The Morgan fingerprint density at radius 3 is 2.54 bits per heavy atom. The molecule has 28 heavy (non-hydrogen) atoms. The van der Waals surface area contributed by atoms with Gasteiger partial charge in [-0.25, -0.2) is 0 Å². The third-order valence-electron chi connectivity index (χ3n) is 5.14. The maximum atomic E-state index is 9.50. The van der Waals surface area contributed by atoms with E-state index in [4.69, 9.17) is 9.52 Å². The maximum Gasteiger partial charge on any atom is 0.118 e. The molecule has 0 unspecified atom stereocenters. The highest BCUT2D eigenvalue weighted by atomic mass is 16.3.